The first-order chi connectivity index (χ1) is 9.73. The van der Waals surface area contributed by atoms with Crippen molar-refractivity contribution in [3.8, 4) is 17.6 Å². The number of nitriles is 1. The van der Waals surface area contributed by atoms with Crippen LogP contribution in [0.4, 0.5) is 0 Å². The molecule has 108 valence electrons. The number of ether oxygens (including phenoxy) is 2. The number of benzene rings is 1. The summed E-state index contributed by atoms with van der Waals surface area (Å²) in [5.41, 5.74) is -0.441. The minimum atomic E-state index is -0.441. The highest BCUT2D eigenvalue weighted by Crippen LogP contribution is 2.35. The molecule has 1 saturated carbocycles. The summed E-state index contributed by atoms with van der Waals surface area (Å²) in [5.74, 6) is 1.56. The van der Waals surface area contributed by atoms with Crippen LogP contribution in [-0.2, 0) is 0 Å². The van der Waals surface area contributed by atoms with Crippen molar-refractivity contribution in [2.45, 2.75) is 44.2 Å². The molecule has 2 atom stereocenters. The van der Waals surface area contributed by atoms with E-state index in [4.69, 9.17) is 9.47 Å². The Kier molecular flexibility index (Phi) is 4.86. The third-order valence-corrected chi connectivity index (χ3v) is 3.77. The Balaban J connectivity index is 2.03. The fraction of sp³-hybridized carbons (Fsp3) is 0.562. The van der Waals surface area contributed by atoms with Gasteiger partial charge in [0.05, 0.1) is 12.7 Å². The Hall–Kier alpha value is -1.73. The number of hydrogen-bond donors (Lipinski definition) is 1. The molecular formula is C16H22N2O2. The molecule has 4 heteroatoms. The molecule has 0 bridgehead atoms. The van der Waals surface area contributed by atoms with Crippen LogP contribution in [0.2, 0.25) is 0 Å². The van der Waals surface area contributed by atoms with E-state index >= 15 is 0 Å². The fourth-order valence-corrected chi connectivity index (χ4v) is 2.54. The topological polar surface area (TPSA) is 54.3 Å². The van der Waals surface area contributed by atoms with Crippen molar-refractivity contribution in [2.75, 3.05) is 13.7 Å². The van der Waals surface area contributed by atoms with Gasteiger partial charge in [0.15, 0.2) is 11.5 Å². The Labute approximate surface area is 120 Å². The molecule has 1 aliphatic rings. The number of hydrogen-bond acceptors (Lipinski definition) is 4. The number of nitrogens with one attached hydrogen (secondary N) is 1. The van der Waals surface area contributed by atoms with Crippen LogP contribution in [0.1, 0.15) is 32.6 Å². The van der Waals surface area contributed by atoms with Crippen LogP contribution in [0.3, 0.4) is 0 Å². The highest BCUT2D eigenvalue weighted by Gasteiger charge is 2.39. The monoisotopic (exact) mass is 274 g/mol. The summed E-state index contributed by atoms with van der Waals surface area (Å²) < 4.78 is 11.7. The molecule has 0 spiro atoms. The normalized spacial score (nSPS) is 25.1. The highest BCUT2D eigenvalue weighted by atomic mass is 16.5. The first-order valence-corrected chi connectivity index (χ1v) is 7.21. The predicted octanol–water partition coefficient (Wildman–Crippen LogP) is 2.89. The Morgan fingerprint density at radius 1 is 1.40 bits per heavy atom. The van der Waals surface area contributed by atoms with Gasteiger partial charge >= 0.3 is 0 Å². The Morgan fingerprint density at radius 3 is 2.75 bits per heavy atom. The summed E-state index contributed by atoms with van der Waals surface area (Å²) in [5, 5.41) is 12.4. The van der Waals surface area contributed by atoms with Crippen LogP contribution < -0.4 is 14.8 Å². The summed E-state index contributed by atoms with van der Waals surface area (Å²) in [7, 11) is 1.84. The summed E-state index contributed by atoms with van der Waals surface area (Å²) in [4.78, 5) is 0. The highest BCUT2D eigenvalue weighted by molar-refractivity contribution is 5.39. The minimum absolute atomic E-state index is 0.0634. The van der Waals surface area contributed by atoms with E-state index in [2.05, 4.69) is 18.3 Å². The SMILES string of the molecule is CCCOc1ccccc1OC1CCC(C#N)(NC)C1. The molecular weight excluding hydrogens is 252 g/mol. The number of para-hydroxylation sites is 2. The van der Waals surface area contributed by atoms with Crippen LogP contribution in [0.15, 0.2) is 24.3 Å². The van der Waals surface area contributed by atoms with Crippen molar-refractivity contribution < 1.29 is 9.47 Å². The molecule has 1 aromatic carbocycles. The van der Waals surface area contributed by atoms with Crippen LogP contribution in [0.5, 0.6) is 11.5 Å². The minimum Gasteiger partial charge on any atom is -0.490 e. The molecule has 0 heterocycles. The van der Waals surface area contributed by atoms with E-state index in [0.717, 1.165) is 30.8 Å². The lowest BCUT2D eigenvalue weighted by atomic mass is 10.0. The van der Waals surface area contributed by atoms with Crippen molar-refractivity contribution in [3.05, 3.63) is 24.3 Å². The molecule has 0 radical (unpaired) electrons. The molecule has 0 amide bonds. The number of nitrogens with zero attached hydrogens (tertiary/aromatic N) is 1. The van der Waals surface area contributed by atoms with Gasteiger partial charge in [-0.3, -0.25) is 0 Å². The third kappa shape index (κ3) is 3.23. The van der Waals surface area contributed by atoms with Crippen molar-refractivity contribution in [2.24, 2.45) is 0 Å². The zero-order valence-corrected chi connectivity index (χ0v) is 12.2. The molecule has 0 aromatic heterocycles. The zero-order chi connectivity index (χ0) is 14.4. The predicted molar refractivity (Wildman–Crippen MR) is 77.9 cm³/mol. The van der Waals surface area contributed by atoms with Crippen LogP contribution in [-0.4, -0.2) is 25.3 Å². The maximum Gasteiger partial charge on any atom is 0.161 e. The second kappa shape index (κ2) is 6.62. The third-order valence-electron chi connectivity index (χ3n) is 3.77. The average molecular weight is 274 g/mol. The standard InChI is InChI=1S/C16H22N2O2/c1-3-10-19-14-6-4-5-7-15(14)20-13-8-9-16(11-13,12-17)18-2/h4-7,13,18H,3,8-11H2,1-2H3. The smallest absolute Gasteiger partial charge is 0.161 e. The first-order valence-electron chi connectivity index (χ1n) is 7.21. The maximum absolute atomic E-state index is 9.28. The van der Waals surface area contributed by atoms with Gasteiger partial charge in [0.2, 0.25) is 0 Å². The molecule has 20 heavy (non-hydrogen) atoms. The average Bonchev–Trinajstić information content (AvgIpc) is 2.90. The molecule has 1 aromatic rings. The largest absolute Gasteiger partial charge is 0.490 e. The molecule has 2 rings (SSSR count). The Morgan fingerprint density at radius 2 is 2.15 bits per heavy atom. The van der Waals surface area contributed by atoms with Gasteiger partial charge in [-0.05, 0) is 38.4 Å². The maximum atomic E-state index is 9.28. The fourth-order valence-electron chi connectivity index (χ4n) is 2.54. The van der Waals surface area contributed by atoms with Crippen molar-refractivity contribution in [1.29, 1.82) is 5.26 Å². The second-order valence-electron chi connectivity index (χ2n) is 5.22. The van der Waals surface area contributed by atoms with E-state index in [0.29, 0.717) is 13.0 Å². The molecule has 1 fully saturated rings. The van der Waals surface area contributed by atoms with Crippen molar-refractivity contribution >= 4 is 0 Å². The summed E-state index contributed by atoms with van der Waals surface area (Å²) in [6, 6.07) is 10.1. The lowest BCUT2D eigenvalue weighted by Crippen LogP contribution is -2.39. The molecule has 2 unspecified atom stereocenters. The van der Waals surface area contributed by atoms with Gasteiger partial charge in [0.25, 0.3) is 0 Å². The van der Waals surface area contributed by atoms with Gasteiger partial charge in [-0.2, -0.15) is 5.26 Å². The quantitative estimate of drug-likeness (QED) is 0.866. The Bertz CT molecular complexity index is 484. The van der Waals surface area contributed by atoms with Crippen LogP contribution in [0.25, 0.3) is 0 Å². The van der Waals surface area contributed by atoms with Crippen LogP contribution >= 0.6 is 0 Å². The van der Waals surface area contributed by atoms with E-state index in [1.807, 2.05) is 31.3 Å². The second-order valence-corrected chi connectivity index (χ2v) is 5.22. The van der Waals surface area contributed by atoms with Gasteiger partial charge in [0, 0.05) is 6.42 Å². The molecule has 1 N–H and O–H groups in total. The van der Waals surface area contributed by atoms with Gasteiger partial charge in [0.1, 0.15) is 11.6 Å². The van der Waals surface area contributed by atoms with E-state index < -0.39 is 5.54 Å². The first kappa shape index (κ1) is 14.7. The van der Waals surface area contributed by atoms with Crippen molar-refractivity contribution in [3.63, 3.8) is 0 Å². The molecule has 0 saturated heterocycles. The molecule has 1 aliphatic carbocycles. The zero-order valence-electron chi connectivity index (χ0n) is 12.2. The molecule has 0 aliphatic heterocycles. The van der Waals surface area contributed by atoms with Crippen LogP contribution in [0, 0.1) is 11.3 Å². The summed E-state index contributed by atoms with van der Waals surface area (Å²) >= 11 is 0. The lowest BCUT2D eigenvalue weighted by Gasteiger charge is -2.21. The van der Waals surface area contributed by atoms with E-state index in [1.54, 1.807) is 0 Å². The van der Waals surface area contributed by atoms with Gasteiger partial charge < -0.3 is 14.8 Å². The van der Waals surface area contributed by atoms with E-state index in [-0.39, 0.29) is 6.10 Å². The summed E-state index contributed by atoms with van der Waals surface area (Å²) in [6.45, 7) is 2.76. The summed E-state index contributed by atoms with van der Waals surface area (Å²) in [6.07, 6.45) is 3.45. The lowest BCUT2D eigenvalue weighted by molar-refractivity contribution is 0.188. The van der Waals surface area contributed by atoms with E-state index in [1.165, 1.54) is 0 Å². The van der Waals surface area contributed by atoms with E-state index in [9.17, 15) is 5.26 Å². The molecule has 4 nitrogen and oxygen atoms in total. The van der Waals surface area contributed by atoms with Gasteiger partial charge in [-0.1, -0.05) is 19.1 Å². The van der Waals surface area contributed by atoms with Gasteiger partial charge in [-0.15, -0.1) is 0 Å². The number of rotatable bonds is 6. The van der Waals surface area contributed by atoms with Gasteiger partial charge in [-0.25, -0.2) is 0 Å². The van der Waals surface area contributed by atoms with Crippen molar-refractivity contribution in [1.82, 2.24) is 5.32 Å².